The average Bonchev–Trinajstić information content (AvgIpc) is 3.01. The number of benzene rings is 1. The van der Waals surface area contributed by atoms with Crippen LogP contribution in [-0.2, 0) is 11.3 Å². The first-order valence-corrected chi connectivity index (χ1v) is 7.43. The fourth-order valence-corrected chi connectivity index (χ4v) is 1.97. The number of nitrogens with two attached hydrogens (primary N) is 1. The van der Waals surface area contributed by atoms with Gasteiger partial charge in [0.1, 0.15) is 6.54 Å². The summed E-state index contributed by atoms with van der Waals surface area (Å²) in [6.45, 7) is 2.84. The summed E-state index contributed by atoms with van der Waals surface area (Å²) in [5, 5.41) is 12.0. The maximum Gasteiger partial charge on any atom is 0.248 e. The Kier molecular flexibility index (Phi) is 5.40. The number of unbranched alkanes of at least 4 members (excludes halogenated alkanes) is 1. The molecule has 0 unspecified atom stereocenters. The summed E-state index contributed by atoms with van der Waals surface area (Å²) in [5.74, 6) is -0.162. The molecule has 0 spiro atoms. The predicted molar refractivity (Wildman–Crippen MR) is 84.3 cm³/mol. The topological polar surface area (TPSA) is 107 Å². The molecular formula is C15H20N6O2. The van der Waals surface area contributed by atoms with Crippen molar-refractivity contribution in [3.8, 4) is 11.4 Å². The van der Waals surface area contributed by atoms with Gasteiger partial charge in [0.25, 0.3) is 0 Å². The van der Waals surface area contributed by atoms with E-state index >= 15 is 0 Å². The number of aromatic nitrogens is 4. The van der Waals surface area contributed by atoms with Crippen LogP contribution < -0.4 is 5.73 Å². The zero-order chi connectivity index (χ0) is 16.8. The van der Waals surface area contributed by atoms with Crippen LogP contribution >= 0.6 is 0 Å². The molecule has 122 valence electrons. The second kappa shape index (κ2) is 7.48. The van der Waals surface area contributed by atoms with E-state index in [0.29, 0.717) is 23.5 Å². The van der Waals surface area contributed by atoms with E-state index < -0.39 is 5.91 Å². The summed E-state index contributed by atoms with van der Waals surface area (Å²) in [7, 11) is 1.76. The normalized spacial score (nSPS) is 10.5. The van der Waals surface area contributed by atoms with Crippen LogP contribution in [0.2, 0.25) is 0 Å². The van der Waals surface area contributed by atoms with Gasteiger partial charge in [0, 0.05) is 24.7 Å². The predicted octanol–water partition coefficient (Wildman–Crippen LogP) is 0.697. The Labute approximate surface area is 134 Å². The van der Waals surface area contributed by atoms with E-state index in [2.05, 4.69) is 22.3 Å². The van der Waals surface area contributed by atoms with E-state index in [1.807, 2.05) is 0 Å². The van der Waals surface area contributed by atoms with Crippen LogP contribution in [0.15, 0.2) is 24.3 Å². The van der Waals surface area contributed by atoms with E-state index in [9.17, 15) is 9.59 Å². The third kappa shape index (κ3) is 4.35. The molecule has 8 heteroatoms. The van der Waals surface area contributed by atoms with E-state index in [0.717, 1.165) is 12.8 Å². The molecule has 2 N–H and O–H groups in total. The van der Waals surface area contributed by atoms with Crippen molar-refractivity contribution in [1.82, 2.24) is 25.1 Å². The molecule has 0 saturated heterocycles. The molecule has 23 heavy (non-hydrogen) atoms. The lowest BCUT2D eigenvalue weighted by atomic mass is 10.1. The van der Waals surface area contributed by atoms with E-state index in [1.165, 1.54) is 4.80 Å². The van der Waals surface area contributed by atoms with Gasteiger partial charge in [-0.2, -0.15) is 4.80 Å². The molecule has 0 aliphatic heterocycles. The number of amides is 2. The number of primary amides is 1. The molecule has 2 amide bonds. The van der Waals surface area contributed by atoms with Gasteiger partial charge in [0.05, 0.1) is 0 Å². The standard InChI is InChI=1S/C15H20N6O2/c1-3-4-9-20(2)13(22)10-21-18-15(17-19-21)12-7-5-11(6-8-12)14(16)23/h5-8H,3-4,9-10H2,1-2H3,(H2,16,23). The third-order valence-electron chi connectivity index (χ3n) is 3.43. The number of hydrogen-bond donors (Lipinski definition) is 1. The monoisotopic (exact) mass is 316 g/mol. The largest absolute Gasteiger partial charge is 0.366 e. The lowest BCUT2D eigenvalue weighted by Crippen LogP contribution is -2.31. The Balaban J connectivity index is 2.02. The van der Waals surface area contributed by atoms with Crippen LogP contribution in [0.4, 0.5) is 0 Å². The Morgan fingerprint density at radius 1 is 1.26 bits per heavy atom. The van der Waals surface area contributed by atoms with E-state index in [4.69, 9.17) is 5.73 Å². The van der Waals surface area contributed by atoms with E-state index in [-0.39, 0.29) is 12.5 Å². The second-order valence-corrected chi connectivity index (χ2v) is 5.25. The molecule has 8 nitrogen and oxygen atoms in total. The zero-order valence-corrected chi connectivity index (χ0v) is 13.3. The lowest BCUT2D eigenvalue weighted by Gasteiger charge is -2.15. The fraction of sp³-hybridized carbons (Fsp3) is 0.400. The fourth-order valence-electron chi connectivity index (χ4n) is 1.97. The highest BCUT2D eigenvalue weighted by Gasteiger charge is 2.12. The molecule has 0 fully saturated rings. The number of rotatable bonds is 7. The van der Waals surface area contributed by atoms with Crippen molar-refractivity contribution >= 4 is 11.8 Å². The molecule has 0 saturated carbocycles. The minimum absolute atomic E-state index is 0.0482. The van der Waals surface area contributed by atoms with Crippen molar-refractivity contribution < 1.29 is 9.59 Å². The Morgan fingerprint density at radius 2 is 1.96 bits per heavy atom. The molecule has 0 aliphatic rings. The molecule has 1 aromatic carbocycles. The van der Waals surface area contributed by atoms with Gasteiger partial charge in [-0.25, -0.2) is 0 Å². The first kappa shape index (κ1) is 16.6. The SMILES string of the molecule is CCCCN(C)C(=O)Cn1nnc(-c2ccc(C(N)=O)cc2)n1. The number of likely N-dealkylation sites (N-methyl/N-ethyl adjacent to an activating group) is 1. The summed E-state index contributed by atoms with van der Waals surface area (Å²) in [4.78, 5) is 26.0. The van der Waals surface area contributed by atoms with Gasteiger partial charge in [0.2, 0.25) is 17.6 Å². The van der Waals surface area contributed by atoms with Crippen LogP contribution in [0.3, 0.4) is 0 Å². The van der Waals surface area contributed by atoms with Gasteiger partial charge in [-0.15, -0.1) is 10.2 Å². The lowest BCUT2D eigenvalue weighted by molar-refractivity contribution is -0.131. The van der Waals surface area contributed by atoms with Crippen LogP contribution in [0.1, 0.15) is 30.1 Å². The quantitative estimate of drug-likeness (QED) is 0.809. The molecule has 1 aromatic heterocycles. The summed E-state index contributed by atoms with van der Waals surface area (Å²) < 4.78 is 0. The zero-order valence-electron chi connectivity index (χ0n) is 13.3. The van der Waals surface area contributed by atoms with Crippen LogP contribution in [0, 0.1) is 0 Å². The van der Waals surface area contributed by atoms with Crippen LogP contribution in [0.5, 0.6) is 0 Å². The highest BCUT2D eigenvalue weighted by atomic mass is 16.2. The maximum absolute atomic E-state index is 12.0. The summed E-state index contributed by atoms with van der Waals surface area (Å²) in [6.07, 6.45) is 2.00. The molecule has 1 heterocycles. The molecule has 0 atom stereocenters. The Hall–Kier alpha value is -2.77. The third-order valence-corrected chi connectivity index (χ3v) is 3.43. The first-order chi connectivity index (χ1) is 11.0. The number of hydrogen-bond acceptors (Lipinski definition) is 5. The Morgan fingerprint density at radius 3 is 2.57 bits per heavy atom. The number of carbonyl (C=O) groups excluding carboxylic acids is 2. The minimum Gasteiger partial charge on any atom is -0.366 e. The summed E-state index contributed by atoms with van der Waals surface area (Å²) in [5.41, 5.74) is 6.31. The molecule has 0 radical (unpaired) electrons. The summed E-state index contributed by atoms with van der Waals surface area (Å²) in [6, 6.07) is 6.58. The minimum atomic E-state index is -0.492. The smallest absolute Gasteiger partial charge is 0.248 e. The first-order valence-electron chi connectivity index (χ1n) is 7.43. The van der Waals surface area contributed by atoms with Crippen molar-refractivity contribution in [1.29, 1.82) is 0 Å². The van der Waals surface area contributed by atoms with Gasteiger partial charge in [-0.3, -0.25) is 9.59 Å². The van der Waals surface area contributed by atoms with Gasteiger partial charge in [-0.05, 0) is 23.8 Å². The van der Waals surface area contributed by atoms with Gasteiger partial charge < -0.3 is 10.6 Å². The number of tetrazole rings is 1. The van der Waals surface area contributed by atoms with Crippen molar-refractivity contribution in [3.63, 3.8) is 0 Å². The summed E-state index contributed by atoms with van der Waals surface area (Å²) >= 11 is 0. The van der Waals surface area contributed by atoms with Crippen molar-refractivity contribution in [3.05, 3.63) is 29.8 Å². The van der Waals surface area contributed by atoms with Gasteiger partial charge in [0.15, 0.2) is 0 Å². The highest BCUT2D eigenvalue weighted by Crippen LogP contribution is 2.14. The molecule has 2 rings (SSSR count). The Bertz CT molecular complexity index is 680. The van der Waals surface area contributed by atoms with Crippen molar-refractivity contribution in [2.24, 2.45) is 5.73 Å². The van der Waals surface area contributed by atoms with Crippen LogP contribution in [-0.4, -0.2) is 50.5 Å². The number of nitrogens with zero attached hydrogens (tertiary/aromatic N) is 5. The van der Waals surface area contributed by atoms with Gasteiger partial charge in [-0.1, -0.05) is 25.5 Å². The average molecular weight is 316 g/mol. The molecule has 0 aliphatic carbocycles. The highest BCUT2D eigenvalue weighted by molar-refractivity contribution is 5.93. The molecule has 2 aromatic rings. The number of carbonyl (C=O) groups is 2. The maximum atomic E-state index is 12.0. The van der Waals surface area contributed by atoms with E-state index in [1.54, 1.807) is 36.2 Å². The van der Waals surface area contributed by atoms with Crippen LogP contribution in [0.25, 0.3) is 11.4 Å². The molecule has 0 bridgehead atoms. The van der Waals surface area contributed by atoms with Crippen molar-refractivity contribution in [2.45, 2.75) is 26.3 Å². The van der Waals surface area contributed by atoms with Crippen molar-refractivity contribution in [2.75, 3.05) is 13.6 Å². The van der Waals surface area contributed by atoms with Gasteiger partial charge >= 0.3 is 0 Å². The molecular weight excluding hydrogens is 296 g/mol. The second-order valence-electron chi connectivity index (χ2n) is 5.25.